The zero-order valence-electron chi connectivity index (χ0n) is 8.54. The van der Waals surface area contributed by atoms with Crippen molar-refractivity contribution in [2.45, 2.75) is 59.0 Å². The van der Waals surface area contributed by atoms with Crippen molar-refractivity contribution < 1.29 is 9.47 Å². The van der Waals surface area contributed by atoms with Gasteiger partial charge in [0.1, 0.15) is 0 Å². The normalized spacial score (nSPS) is 37.2. The fourth-order valence-corrected chi connectivity index (χ4v) is 1.79. The van der Waals surface area contributed by atoms with E-state index in [1.165, 1.54) is 0 Å². The third-order valence-corrected chi connectivity index (χ3v) is 2.14. The number of ether oxygens (including phenoxy) is 2. The fourth-order valence-electron chi connectivity index (χ4n) is 1.79. The molecule has 1 saturated heterocycles. The van der Waals surface area contributed by atoms with Crippen molar-refractivity contribution in [1.29, 1.82) is 0 Å². The minimum atomic E-state index is -0.0162. The molecular weight excluding hydrogens is 152 g/mol. The average molecular weight is 172 g/mol. The summed E-state index contributed by atoms with van der Waals surface area (Å²) in [6.07, 6.45) is 2.94. The van der Waals surface area contributed by atoms with Gasteiger partial charge >= 0.3 is 0 Å². The minimum Gasteiger partial charge on any atom is -0.350 e. The van der Waals surface area contributed by atoms with Crippen molar-refractivity contribution >= 4 is 0 Å². The van der Waals surface area contributed by atoms with E-state index in [0.717, 1.165) is 12.8 Å². The van der Waals surface area contributed by atoms with E-state index >= 15 is 0 Å². The Labute approximate surface area is 75.2 Å². The van der Waals surface area contributed by atoms with Crippen LogP contribution in [0.1, 0.15) is 40.5 Å². The first kappa shape index (κ1) is 10.0. The summed E-state index contributed by atoms with van der Waals surface area (Å²) < 4.78 is 11.1. The third-order valence-electron chi connectivity index (χ3n) is 2.14. The molecule has 2 nitrogen and oxygen atoms in total. The van der Waals surface area contributed by atoms with Crippen LogP contribution in [0.2, 0.25) is 0 Å². The van der Waals surface area contributed by atoms with Crippen LogP contribution in [0.25, 0.3) is 0 Å². The Morgan fingerprint density at radius 2 is 1.92 bits per heavy atom. The maximum Gasteiger partial charge on any atom is 0.155 e. The van der Waals surface area contributed by atoms with Crippen LogP contribution >= 0.6 is 0 Å². The standard InChI is InChI=1S/C10H20O2/c1-7(2)5-10-6-8(3)11-9(4)12-10/h7-10H,5-6H2,1-4H3. The summed E-state index contributed by atoms with van der Waals surface area (Å²) in [5, 5.41) is 0. The predicted molar refractivity (Wildman–Crippen MR) is 49.0 cm³/mol. The Morgan fingerprint density at radius 3 is 2.42 bits per heavy atom. The second-order valence-corrected chi connectivity index (χ2v) is 4.14. The first-order chi connectivity index (χ1) is 5.58. The molecule has 0 spiro atoms. The van der Waals surface area contributed by atoms with E-state index in [-0.39, 0.29) is 6.29 Å². The van der Waals surface area contributed by atoms with E-state index in [4.69, 9.17) is 9.47 Å². The van der Waals surface area contributed by atoms with Gasteiger partial charge in [0, 0.05) is 0 Å². The lowest BCUT2D eigenvalue weighted by Gasteiger charge is -2.33. The van der Waals surface area contributed by atoms with Gasteiger partial charge in [-0.2, -0.15) is 0 Å². The second kappa shape index (κ2) is 4.24. The van der Waals surface area contributed by atoms with Crippen molar-refractivity contribution in [2.75, 3.05) is 0 Å². The highest BCUT2D eigenvalue weighted by molar-refractivity contribution is 4.69. The van der Waals surface area contributed by atoms with Crippen LogP contribution in [0.15, 0.2) is 0 Å². The highest BCUT2D eigenvalue weighted by Crippen LogP contribution is 2.22. The monoisotopic (exact) mass is 172 g/mol. The van der Waals surface area contributed by atoms with Gasteiger partial charge in [0.2, 0.25) is 0 Å². The molecule has 1 aliphatic heterocycles. The van der Waals surface area contributed by atoms with Crippen LogP contribution in [0.4, 0.5) is 0 Å². The smallest absolute Gasteiger partial charge is 0.155 e. The summed E-state index contributed by atoms with van der Waals surface area (Å²) in [6.45, 7) is 8.55. The summed E-state index contributed by atoms with van der Waals surface area (Å²) in [4.78, 5) is 0. The Bertz CT molecular complexity index is 121. The van der Waals surface area contributed by atoms with Gasteiger partial charge in [0.25, 0.3) is 0 Å². The van der Waals surface area contributed by atoms with Crippen LogP contribution < -0.4 is 0 Å². The Balaban J connectivity index is 2.34. The van der Waals surface area contributed by atoms with E-state index in [1.807, 2.05) is 6.92 Å². The van der Waals surface area contributed by atoms with Crippen molar-refractivity contribution in [3.05, 3.63) is 0 Å². The largest absolute Gasteiger partial charge is 0.350 e. The molecule has 1 fully saturated rings. The molecule has 72 valence electrons. The van der Waals surface area contributed by atoms with Gasteiger partial charge in [-0.1, -0.05) is 13.8 Å². The lowest BCUT2D eigenvalue weighted by molar-refractivity contribution is -0.232. The molecule has 0 aromatic carbocycles. The molecule has 3 unspecified atom stereocenters. The SMILES string of the molecule is CC(C)CC1CC(C)OC(C)O1. The molecule has 3 atom stereocenters. The minimum absolute atomic E-state index is 0.0162. The quantitative estimate of drug-likeness (QED) is 0.637. The van der Waals surface area contributed by atoms with Crippen LogP contribution in [0, 0.1) is 5.92 Å². The van der Waals surface area contributed by atoms with Gasteiger partial charge in [0.15, 0.2) is 6.29 Å². The predicted octanol–water partition coefficient (Wildman–Crippen LogP) is 2.57. The summed E-state index contributed by atoms with van der Waals surface area (Å²) in [6, 6.07) is 0. The average Bonchev–Trinajstić information content (AvgIpc) is 1.81. The zero-order chi connectivity index (χ0) is 9.14. The highest BCUT2D eigenvalue weighted by Gasteiger charge is 2.24. The second-order valence-electron chi connectivity index (χ2n) is 4.14. The van der Waals surface area contributed by atoms with E-state index in [0.29, 0.717) is 18.1 Å². The van der Waals surface area contributed by atoms with Crippen LogP contribution in [-0.4, -0.2) is 18.5 Å². The molecule has 0 bridgehead atoms. The maximum absolute atomic E-state index is 5.65. The molecule has 2 heteroatoms. The van der Waals surface area contributed by atoms with Gasteiger partial charge in [-0.15, -0.1) is 0 Å². The first-order valence-electron chi connectivity index (χ1n) is 4.89. The zero-order valence-corrected chi connectivity index (χ0v) is 8.54. The molecule has 0 aromatic rings. The topological polar surface area (TPSA) is 18.5 Å². The summed E-state index contributed by atoms with van der Waals surface area (Å²) in [7, 11) is 0. The van der Waals surface area contributed by atoms with Gasteiger partial charge in [-0.05, 0) is 32.6 Å². The van der Waals surface area contributed by atoms with Gasteiger partial charge < -0.3 is 9.47 Å². The highest BCUT2D eigenvalue weighted by atomic mass is 16.7. The fraction of sp³-hybridized carbons (Fsp3) is 1.00. The molecule has 0 amide bonds. The maximum atomic E-state index is 5.65. The number of hydrogen-bond acceptors (Lipinski definition) is 2. The van der Waals surface area contributed by atoms with Crippen molar-refractivity contribution in [1.82, 2.24) is 0 Å². The molecule has 1 aliphatic rings. The van der Waals surface area contributed by atoms with E-state index in [1.54, 1.807) is 0 Å². The van der Waals surface area contributed by atoms with Crippen LogP contribution in [0.5, 0.6) is 0 Å². The molecular formula is C10H20O2. The number of rotatable bonds is 2. The summed E-state index contributed by atoms with van der Waals surface area (Å²) >= 11 is 0. The van der Waals surface area contributed by atoms with E-state index < -0.39 is 0 Å². The molecule has 1 heterocycles. The van der Waals surface area contributed by atoms with Crippen molar-refractivity contribution in [3.8, 4) is 0 Å². The Hall–Kier alpha value is -0.0800. The van der Waals surface area contributed by atoms with Gasteiger partial charge in [0.05, 0.1) is 12.2 Å². The molecule has 0 aromatic heterocycles. The van der Waals surface area contributed by atoms with E-state index in [2.05, 4.69) is 20.8 Å². The Kier molecular flexibility index (Phi) is 3.53. The third kappa shape index (κ3) is 3.11. The van der Waals surface area contributed by atoms with Gasteiger partial charge in [-0.3, -0.25) is 0 Å². The Morgan fingerprint density at radius 1 is 1.25 bits per heavy atom. The van der Waals surface area contributed by atoms with Crippen molar-refractivity contribution in [3.63, 3.8) is 0 Å². The summed E-state index contributed by atoms with van der Waals surface area (Å²) in [5.41, 5.74) is 0. The molecule has 0 aliphatic carbocycles. The molecule has 0 radical (unpaired) electrons. The van der Waals surface area contributed by atoms with E-state index in [9.17, 15) is 0 Å². The molecule has 0 N–H and O–H groups in total. The lowest BCUT2D eigenvalue weighted by Crippen LogP contribution is -2.35. The van der Waals surface area contributed by atoms with Gasteiger partial charge in [-0.25, -0.2) is 0 Å². The van der Waals surface area contributed by atoms with Crippen LogP contribution in [0.3, 0.4) is 0 Å². The molecule has 1 rings (SSSR count). The molecule has 0 saturated carbocycles. The lowest BCUT2D eigenvalue weighted by atomic mass is 10.0. The molecule has 12 heavy (non-hydrogen) atoms. The van der Waals surface area contributed by atoms with Crippen LogP contribution in [-0.2, 0) is 9.47 Å². The number of hydrogen-bond donors (Lipinski definition) is 0. The first-order valence-corrected chi connectivity index (χ1v) is 4.89. The van der Waals surface area contributed by atoms with Crippen molar-refractivity contribution in [2.24, 2.45) is 5.92 Å². The summed E-state index contributed by atoms with van der Waals surface area (Å²) in [5.74, 6) is 0.715.